The molecule has 0 radical (unpaired) electrons. The first-order valence-corrected chi connectivity index (χ1v) is 12.1. The number of hydrogen-bond donors (Lipinski definition) is 0. The summed E-state index contributed by atoms with van der Waals surface area (Å²) in [6.07, 6.45) is 2.89. The van der Waals surface area contributed by atoms with Gasteiger partial charge >= 0.3 is 0 Å². The Morgan fingerprint density at radius 3 is 2.09 bits per heavy atom. The zero-order valence-corrected chi connectivity index (χ0v) is 21.5. The van der Waals surface area contributed by atoms with Gasteiger partial charge in [-0.05, 0) is 56.5 Å². The molecule has 1 unspecified atom stereocenters. The van der Waals surface area contributed by atoms with E-state index in [1.54, 1.807) is 0 Å². The van der Waals surface area contributed by atoms with E-state index in [0.29, 0.717) is 4.48 Å². The van der Waals surface area contributed by atoms with Crippen molar-refractivity contribution in [3.63, 3.8) is 0 Å². The van der Waals surface area contributed by atoms with Gasteiger partial charge in [0.25, 0.3) is 0 Å². The fraction of sp³-hybridized carbons (Fsp3) is 0.367. The molecule has 0 N–H and O–H groups in total. The molecule has 2 aliphatic heterocycles. The van der Waals surface area contributed by atoms with Crippen LogP contribution in [-0.4, -0.2) is 26.1 Å². The fourth-order valence-corrected chi connectivity index (χ4v) is 6.25. The zero-order chi connectivity index (χ0) is 24.0. The Morgan fingerprint density at radius 2 is 1.42 bits per heavy atom. The summed E-state index contributed by atoms with van der Waals surface area (Å²) in [5, 5.41) is 0. The molecule has 33 heavy (non-hydrogen) atoms. The summed E-state index contributed by atoms with van der Waals surface area (Å²) in [7, 11) is 6.84. The third kappa shape index (κ3) is 3.33. The van der Waals surface area contributed by atoms with Gasteiger partial charge < -0.3 is 4.90 Å². The van der Waals surface area contributed by atoms with Gasteiger partial charge in [-0.25, -0.2) is 9.47 Å². The molecule has 0 bridgehead atoms. The predicted octanol–water partition coefficient (Wildman–Crippen LogP) is 6.83. The van der Waals surface area contributed by atoms with Gasteiger partial charge in [-0.1, -0.05) is 62.4 Å². The van der Waals surface area contributed by atoms with Gasteiger partial charge in [-0.15, -0.1) is 0 Å². The molecule has 0 amide bonds. The average molecular weight is 441 g/mol. The molecule has 1 aromatic heterocycles. The second-order valence-corrected chi connectivity index (χ2v) is 10.2. The molecule has 0 saturated heterocycles. The first-order valence-electron chi connectivity index (χ1n) is 12.1. The van der Waals surface area contributed by atoms with Crippen LogP contribution in [0, 0.1) is 0 Å². The third-order valence-corrected chi connectivity index (χ3v) is 7.48. The van der Waals surface area contributed by atoms with Crippen molar-refractivity contribution in [2.45, 2.75) is 51.9 Å². The lowest BCUT2D eigenvalue weighted by Crippen LogP contribution is -2.46. The van der Waals surface area contributed by atoms with Crippen molar-refractivity contribution in [1.82, 2.24) is 9.47 Å². The number of hydrogen-bond acceptors (Lipinski definition) is 2. The van der Waals surface area contributed by atoms with Crippen molar-refractivity contribution in [2.75, 3.05) is 26.0 Å². The molecule has 1 atom stereocenters. The van der Waals surface area contributed by atoms with Crippen LogP contribution in [0.2, 0.25) is 0 Å². The summed E-state index contributed by atoms with van der Waals surface area (Å²) < 4.78 is 0.677. The van der Waals surface area contributed by atoms with E-state index in [0.717, 1.165) is 12.2 Å². The molecule has 3 heterocycles. The molecule has 2 aromatic carbocycles. The first-order chi connectivity index (χ1) is 15.7. The number of para-hydroxylation sites is 1. The highest BCUT2D eigenvalue weighted by Gasteiger charge is 2.58. The average Bonchev–Trinajstić information content (AvgIpc) is 3.12. The topological polar surface area (TPSA) is 16.1 Å². The molecule has 5 rings (SSSR count). The number of quaternary nitrogens is 1. The molecule has 2 aliphatic rings. The smallest absolute Gasteiger partial charge is 0.236 e. The Kier molecular flexibility index (Phi) is 5.74. The molecule has 3 aromatic rings. The largest absolute Gasteiger partial charge is 0.342 e. The van der Waals surface area contributed by atoms with E-state index in [9.17, 15) is 0 Å². The molecule has 3 heteroatoms. The van der Waals surface area contributed by atoms with Crippen molar-refractivity contribution in [2.24, 2.45) is 0 Å². The maximum Gasteiger partial charge on any atom is 0.236 e. The number of likely N-dealkylation sites (N-methyl/N-ethyl adjacent to an activating group) is 2. The highest BCUT2D eigenvalue weighted by Crippen LogP contribution is 2.58. The first kappa shape index (κ1) is 23.3. The Hall–Kier alpha value is -2.91. The van der Waals surface area contributed by atoms with Crippen LogP contribution in [0.1, 0.15) is 51.3 Å². The van der Waals surface area contributed by atoms with Crippen molar-refractivity contribution < 1.29 is 0 Å². The van der Waals surface area contributed by atoms with Crippen LogP contribution in [0.4, 0.5) is 11.5 Å². The fourth-order valence-electron chi connectivity index (χ4n) is 6.25. The number of pyridine rings is 1. The minimum absolute atomic E-state index is 0.0871. The molecule has 0 spiro atoms. The van der Waals surface area contributed by atoms with E-state index < -0.39 is 0 Å². The Labute approximate surface area is 200 Å². The van der Waals surface area contributed by atoms with Crippen LogP contribution in [-0.2, 0) is 17.3 Å². The van der Waals surface area contributed by atoms with Crippen LogP contribution < -0.4 is 9.38 Å². The Bertz CT molecular complexity index is 1190. The number of nitrogens with zero attached hydrogens (tertiary/aromatic N) is 3. The lowest BCUT2D eigenvalue weighted by atomic mass is 9.72. The lowest BCUT2D eigenvalue weighted by molar-refractivity contribution is 0.402. The van der Waals surface area contributed by atoms with Gasteiger partial charge in [0.2, 0.25) is 5.82 Å². The number of fused-ring (bicyclic) bond motifs is 2. The summed E-state index contributed by atoms with van der Waals surface area (Å²) in [5.41, 5.74) is 7.99. The summed E-state index contributed by atoms with van der Waals surface area (Å²) in [4.78, 5) is 7.34. The molecule has 3 nitrogen and oxygen atoms in total. The zero-order valence-electron chi connectivity index (χ0n) is 21.5. The third-order valence-electron chi connectivity index (χ3n) is 7.48. The van der Waals surface area contributed by atoms with Crippen molar-refractivity contribution in [1.29, 1.82) is 0 Å². The summed E-state index contributed by atoms with van der Waals surface area (Å²) >= 11 is 0. The van der Waals surface area contributed by atoms with E-state index in [4.69, 9.17) is 4.98 Å². The van der Waals surface area contributed by atoms with Gasteiger partial charge in [0, 0.05) is 24.3 Å². The molecular formula is C30H38N3+. The van der Waals surface area contributed by atoms with Crippen LogP contribution in [0.15, 0.2) is 84.3 Å². The van der Waals surface area contributed by atoms with Crippen molar-refractivity contribution in [3.8, 4) is 0 Å². The SMILES string of the molecule is CC.CN1/C(=C2/C(C)(Cc3ccccc3)c3cccnc3[N+]2(C)C)C(C)(C)c2ccccc21. The molecule has 0 saturated carbocycles. The normalized spacial score (nSPS) is 24.1. The van der Waals surface area contributed by atoms with E-state index >= 15 is 0 Å². The van der Waals surface area contributed by atoms with Crippen LogP contribution >= 0.6 is 0 Å². The van der Waals surface area contributed by atoms with Gasteiger partial charge in [0.1, 0.15) is 5.70 Å². The number of aromatic nitrogens is 1. The number of allylic oxidation sites excluding steroid dienone is 2. The summed E-state index contributed by atoms with van der Waals surface area (Å²) in [6.45, 7) is 11.2. The van der Waals surface area contributed by atoms with Crippen molar-refractivity contribution >= 4 is 11.5 Å². The summed E-state index contributed by atoms with van der Waals surface area (Å²) in [6, 6.07) is 24.1. The highest BCUT2D eigenvalue weighted by atomic mass is 15.4. The maximum atomic E-state index is 4.91. The second kappa shape index (κ2) is 8.14. The van der Waals surface area contributed by atoms with E-state index in [2.05, 4.69) is 114 Å². The van der Waals surface area contributed by atoms with Gasteiger partial charge in [0.15, 0.2) is 0 Å². The number of anilines is 1. The van der Waals surface area contributed by atoms with Gasteiger partial charge in [-0.3, -0.25) is 0 Å². The van der Waals surface area contributed by atoms with E-state index in [-0.39, 0.29) is 10.8 Å². The van der Waals surface area contributed by atoms with Crippen LogP contribution in [0.5, 0.6) is 0 Å². The standard InChI is InChI=1S/C28H32N3.C2H6/c1-27(2)21-15-10-11-17-23(21)30(4)24(27)25-28(3,19-20-13-8-7-9-14-20)22-16-12-18-29-26(22)31(25,5)6;1-2/h7-18H,19H2,1-6H3;1-2H3/q+1;/b25-24-;. The van der Waals surface area contributed by atoms with E-state index in [1.807, 2.05) is 20.0 Å². The number of rotatable bonds is 2. The predicted molar refractivity (Wildman–Crippen MR) is 142 cm³/mol. The molecule has 0 aliphatic carbocycles. The Morgan fingerprint density at radius 1 is 0.818 bits per heavy atom. The van der Waals surface area contributed by atoms with E-state index in [1.165, 1.54) is 33.8 Å². The van der Waals surface area contributed by atoms with Gasteiger partial charge in [0.05, 0.1) is 30.8 Å². The van der Waals surface area contributed by atoms with Crippen LogP contribution in [0.3, 0.4) is 0 Å². The highest BCUT2D eigenvalue weighted by molar-refractivity contribution is 5.75. The maximum absolute atomic E-state index is 4.91. The van der Waals surface area contributed by atoms with Crippen LogP contribution in [0.25, 0.3) is 0 Å². The summed E-state index contributed by atoms with van der Waals surface area (Å²) in [5.74, 6) is 1.16. The minimum atomic E-state index is -0.155. The monoisotopic (exact) mass is 440 g/mol. The quantitative estimate of drug-likeness (QED) is 0.406. The second-order valence-electron chi connectivity index (χ2n) is 10.2. The molecular weight excluding hydrogens is 402 g/mol. The number of benzene rings is 2. The molecule has 0 fully saturated rings. The Balaban J connectivity index is 0.00000126. The van der Waals surface area contributed by atoms with Gasteiger partial charge in [-0.2, -0.15) is 0 Å². The van der Waals surface area contributed by atoms with Crippen molar-refractivity contribution in [3.05, 3.63) is 101 Å². The molecule has 172 valence electrons. The lowest BCUT2D eigenvalue weighted by Gasteiger charge is -2.37. The minimum Gasteiger partial charge on any atom is -0.342 e.